The van der Waals surface area contributed by atoms with Gasteiger partial charge in [-0.2, -0.15) is 0 Å². The van der Waals surface area contributed by atoms with Crippen LogP contribution < -0.4 is 11.1 Å². The molecule has 1 heterocycles. The van der Waals surface area contributed by atoms with Gasteiger partial charge in [0.05, 0.1) is 6.04 Å². The van der Waals surface area contributed by atoms with Crippen LogP contribution in [0.2, 0.25) is 0 Å². The molecule has 0 spiro atoms. The van der Waals surface area contributed by atoms with E-state index in [0.29, 0.717) is 6.54 Å². The molecule has 1 saturated heterocycles. The smallest absolute Gasteiger partial charge is 0.0691 e. The van der Waals surface area contributed by atoms with Gasteiger partial charge >= 0.3 is 0 Å². The van der Waals surface area contributed by atoms with Crippen molar-refractivity contribution < 1.29 is 0 Å². The standard InChI is InChI=1S/C18H27N3/c1-3-8-17(4-2)20-18(14-19)11-12-21(15-18)13-16-9-6-5-7-10-16/h2,5-7,9-10,17,20H,3,8,11-15,19H2,1H3. The van der Waals surface area contributed by atoms with Gasteiger partial charge in [0.2, 0.25) is 0 Å². The number of hydrogen-bond acceptors (Lipinski definition) is 3. The Morgan fingerprint density at radius 3 is 2.81 bits per heavy atom. The van der Waals surface area contributed by atoms with Gasteiger partial charge in [-0.15, -0.1) is 6.42 Å². The van der Waals surface area contributed by atoms with Crippen LogP contribution in [-0.4, -0.2) is 36.1 Å². The fourth-order valence-corrected chi connectivity index (χ4v) is 3.13. The molecule has 1 aromatic rings. The molecule has 0 amide bonds. The summed E-state index contributed by atoms with van der Waals surface area (Å²) in [5.74, 6) is 2.87. The highest BCUT2D eigenvalue weighted by Gasteiger charge is 2.37. The van der Waals surface area contributed by atoms with E-state index in [-0.39, 0.29) is 11.6 Å². The zero-order chi connectivity index (χ0) is 15.1. The summed E-state index contributed by atoms with van der Waals surface area (Å²) in [6.07, 6.45) is 8.81. The average molecular weight is 285 g/mol. The fourth-order valence-electron chi connectivity index (χ4n) is 3.13. The van der Waals surface area contributed by atoms with Crippen LogP contribution in [0.4, 0.5) is 0 Å². The van der Waals surface area contributed by atoms with Crippen LogP contribution in [0, 0.1) is 12.3 Å². The van der Waals surface area contributed by atoms with Crippen molar-refractivity contribution in [1.29, 1.82) is 0 Å². The summed E-state index contributed by atoms with van der Waals surface area (Å²) in [5, 5.41) is 3.64. The highest BCUT2D eigenvalue weighted by Crippen LogP contribution is 2.23. The van der Waals surface area contributed by atoms with E-state index in [1.807, 2.05) is 0 Å². The van der Waals surface area contributed by atoms with E-state index in [0.717, 1.165) is 38.9 Å². The van der Waals surface area contributed by atoms with Crippen LogP contribution in [0.1, 0.15) is 31.7 Å². The van der Waals surface area contributed by atoms with Crippen LogP contribution in [0.3, 0.4) is 0 Å². The Labute approximate surface area is 128 Å². The minimum atomic E-state index is -0.0268. The number of nitrogens with two attached hydrogens (primary N) is 1. The molecule has 0 aliphatic carbocycles. The van der Waals surface area contributed by atoms with E-state index in [4.69, 9.17) is 12.2 Å². The summed E-state index contributed by atoms with van der Waals surface area (Å²) in [5.41, 5.74) is 7.39. The number of nitrogens with zero attached hydrogens (tertiary/aromatic N) is 1. The van der Waals surface area contributed by atoms with Crippen molar-refractivity contribution in [2.24, 2.45) is 5.73 Å². The zero-order valence-corrected chi connectivity index (χ0v) is 13.0. The van der Waals surface area contributed by atoms with Gasteiger partial charge in [-0.3, -0.25) is 10.2 Å². The highest BCUT2D eigenvalue weighted by atomic mass is 15.2. The van der Waals surface area contributed by atoms with E-state index in [2.05, 4.69) is 53.4 Å². The minimum Gasteiger partial charge on any atom is -0.329 e. The molecule has 0 radical (unpaired) electrons. The molecule has 0 aromatic heterocycles. The van der Waals surface area contributed by atoms with Crippen molar-refractivity contribution in [3.8, 4) is 12.3 Å². The van der Waals surface area contributed by atoms with Gasteiger partial charge in [-0.1, -0.05) is 49.6 Å². The monoisotopic (exact) mass is 285 g/mol. The van der Waals surface area contributed by atoms with Gasteiger partial charge in [0.15, 0.2) is 0 Å². The van der Waals surface area contributed by atoms with Gasteiger partial charge in [0.25, 0.3) is 0 Å². The normalized spacial score (nSPS) is 23.9. The van der Waals surface area contributed by atoms with E-state index in [1.165, 1.54) is 5.56 Å². The summed E-state index contributed by atoms with van der Waals surface area (Å²) >= 11 is 0. The summed E-state index contributed by atoms with van der Waals surface area (Å²) < 4.78 is 0. The van der Waals surface area contributed by atoms with E-state index in [9.17, 15) is 0 Å². The maximum Gasteiger partial charge on any atom is 0.0691 e. The number of terminal acetylenes is 1. The Morgan fingerprint density at radius 2 is 2.19 bits per heavy atom. The topological polar surface area (TPSA) is 41.3 Å². The van der Waals surface area contributed by atoms with Crippen LogP contribution in [0.15, 0.2) is 30.3 Å². The van der Waals surface area contributed by atoms with Gasteiger partial charge < -0.3 is 5.73 Å². The second-order valence-electron chi connectivity index (χ2n) is 6.08. The number of nitrogens with one attached hydrogen (secondary N) is 1. The molecule has 0 saturated carbocycles. The van der Waals surface area contributed by atoms with E-state index >= 15 is 0 Å². The molecule has 2 rings (SSSR count). The van der Waals surface area contributed by atoms with Crippen molar-refractivity contribution in [2.75, 3.05) is 19.6 Å². The van der Waals surface area contributed by atoms with Gasteiger partial charge in [-0.25, -0.2) is 0 Å². The van der Waals surface area contributed by atoms with Crippen LogP contribution in [-0.2, 0) is 6.54 Å². The molecule has 3 nitrogen and oxygen atoms in total. The third-order valence-corrected chi connectivity index (χ3v) is 4.33. The number of likely N-dealkylation sites (tertiary alicyclic amines) is 1. The molecule has 1 fully saturated rings. The molecular weight excluding hydrogens is 258 g/mol. The predicted molar refractivity (Wildman–Crippen MR) is 88.8 cm³/mol. The first-order chi connectivity index (χ1) is 10.2. The summed E-state index contributed by atoms with van der Waals surface area (Å²) in [6.45, 7) is 5.83. The first-order valence-corrected chi connectivity index (χ1v) is 7.91. The average Bonchev–Trinajstić information content (AvgIpc) is 2.91. The molecule has 3 N–H and O–H groups in total. The molecule has 2 atom stereocenters. The first-order valence-electron chi connectivity index (χ1n) is 7.91. The fraction of sp³-hybridized carbons (Fsp3) is 0.556. The summed E-state index contributed by atoms with van der Waals surface area (Å²) in [6, 6.07) is 10.7. The van der Waals surface area contributed by atoms with E-state index < -0.39 is 0 Å². The quantitative estimate of drug-likeness (QED) is 0.753. The molecule has 3 heteroatoms. The van der Waals surface area contributed by atoms with Crippen molar-refractivity contribution in [3.63, 3.8) is 0 Å². The lowest BCUT2D eigenvalue weighted by molar-refractivity contribution is 0.267. The Hall–Kier alpha value is -1.34. The minimum absolute atomic E-state index is 0.0268. The largest absolute Gasteiger partial charge is 0.329 e. The molecule has 1 aromatic carbocycles. The van der Waals surface area contributed by atoms with Crippen LogP contribution in [0.25, 0.3) is 0 Å². The van der Waals surface area contributed by atoms with Gasteiger partial charge in [0.1, 0.15) is 0 Å². The SMILES string of the molecule is C#CC(CCC)NC1(CN)CCN(Cc2ccccc2)C1. The highest BCUT2D eigenvalue weighted by molar-refractivity contribution is 5.15. The maximum atomic E-state index is 6.07. The van der Waals surface area contributed by atoms with Crippen molar-refractivity contribution in [2.45, 2.75) is 44.3 Å². The molecule has 2 unspecified atom stereocenters. The molecule has 0 bridgehead atoms. The molecule has 1 aliphatic heterocycles. The first kappa shape index (κ1) is 16.0. The Bertz CT molecular complexity index is 465. The molecule has 1 aliphatic rings. The van der Waals surface area contributed by atoms with Gasteiger partial charge in [0, 0.05) is 31.7 Å². The lowest BCUT2D eigenvalue weighted by Gasteiger charge is -2.32. The van der Waals surface area contributed by atoms with E-state index in [1.54, 1.807) is 0 Å². The van der Waals surface area contributed by atoms with Crippen molar-refractivity contribution in [1.82, 2.24) is 10.2 Å². The van der Waals surface area contributed by atoms with Crippen LogP contribution >= 0.6 is 0 Å². The summed E-state index contributed by atoms with van der Waals surface area (Å²) in [7, 11) is 0. The maximum absolute atomic E-state index is 6.07. The number of rotatable bonds is 7. The van der Waals surface area contributed by atoms with Gasteiger partial charge in [-0.05, 0) is 18.4 Å². The lowest BCUT2D eigenvalue weighted by Crippen LogP contribution is -2.56. The molecule has 114 valence electrons. The molecule has 21 heavy (non-hydrogen) atoms. The van der Waals surface area contributed by atoms with Crippen molar-refractivity contribution in [3.05, 3.63) is 35.9 Å². The predicted octanol–water partition coefficient (Wildman–Crippen LogP) is 1.98. The lowest BCUT2D eigenvalue weighted by atomic mass is 9.96. The number of benzene rings is 1. The second-order valence-corrected chi connectivity index (χ2v) is 6.08. The molecular formula is C18H27N3. The number of hydrogen-bond donors (Lipinski definition) is 2. The third-order valence-electron chi connectivity index (χ3n) is 4.33. The Morgan fingerprint density at radius 1 is 1.43 bits per heavy atom. The zero-order valence-electron chi connectivity index (χ0n) is 13.0. The Kier molecular flexibility index (Phi) is 5.81. The Balaban J connectivity index is 1.95. The third kappa shape index (κ3) is 4.31. The van der Waals surface area contributed by atoms with Crippen LogP contribution in [0.5, 0.6) is 0 Å². The van der Waals surface area contributed by atoms with Crippen molar-refractivity contribution >= 4 is 0 Å². The summed E-state index contributed by atoms with van der Waals surface area (Å²) in [4.78, 5) is 2.47. The second kappa shape index (κ2) is 7.61.